The van der Waals surface area contributed by atoms with Gasteiger partial charge >= 0.3 is 0 Å². The van der Waals surface area contributed by atoms with Crippen molar-refractivity contribution in [1.82, 2.24) is 5.43 Å². The zero-order valence-electron chi connectivity index (χ0n) is 8.89. The Kier molecular flexibility index (Phi) is 7.26. The van der Waals surface area contributed by atoms with Crippen molar-refractivity contribution in [3.8, 4) is 0 Å². The predicted molar refractivity (Wildman–Crippen MR) is 55.7 cm³/mol. The molecule has 1 amide bonds. The van der Waals surface area contributed by atoms with Gasteiger partial charge in [0.2, 0.25) is 5.91 Å². The van der Waals surface area contributed by atoms with Gasteiger partial charge in [0.1, 0.15) is 0 Å². The number of hydrogen-bond donors (Lipinski definition) is 1. The van der Waals surface area contributed by atoms with E-state index >= 15 is 0 Å². The van der Waals surface area contributed by atoms with Crippen LogP contribution in [0.4, 0.5) is 0 Å². The molecule has 1 N–H and O–H groups in total. The van der Waals surface area contributed by atoms with E-state index in [2.05, 4.69) is 17.5 Å². The van der Waals surface area contributed by atoms with Crippen LogP contribution >= 0.6 is 0 Å². The number of hydrazone groups is 1. The van der Waals surface area contributed by atoms with E-state index < -0.39 is 0 Å². The number of carbonyl (C=O) groups is 1. The van der Waals surface area contributed by atoms with Crippen LogP contribution < -0.4 is 5.43 Å². The van der Waals surface area contributed by atoms with E-state index in [9.17, 15) is 4.79 Å². The maximum absolute atomic E-state index is 10.5. The summed E-state index contributed by atoms with van der Waals surface area (Å²) in [5.74, 6) is -0.104. The topological polar surface area (TPSA) is 41.5 Å². The fraction of sp³-hybridized carbons (Fsp3) is 0.800. The van der Waals surface area contributed by atoms with Gasteiger partial charge in [-0.2, -0.15) is 5.10 Å². The maximum atomic E-state index is 10.5. The SMILES string of the molecule is CCCCCC/C(C)=N/NC(C)=O. The van der Waals surface area contributed by atoms with Crippen LogP contribution in [0.3, 0.4) is 0 Å². The Morgan fingerprint density at radius 1 is 1.23 bits per heavy atom. The molecule has 0 aromatic heterocycles. The van der Waals surface area contributed by atoms with Crippen molar-refractivity contribution in [2.45, 2.75) is 52.9 Å². The first-order chi connectivity index (χ1) is 6.16. The molecular weight excluding hydrogens is 164 g/mol. The van der Waals surface area contributed by atoms with Crippen molar-refractivity contribution in [1.29, 1.82) is 0 Å². The summed E-state index contributed by atoms with van der Waals surface area (Å²) in [5, 5.41) is 3.94. The zero-order chi connectivity index (χ0) is 10.1. The molecule has 0 saturated heterocycles. The second-order valence-electron chi connectivity index (χ2n) is 3.33. The number of rotatable bonds is 6. The summed E-state index contributed by atoms with van der Waals surface area (Å²) in [5.41, 5.74) is 3.44. The molecule has 0 radical (unpaired) electrons. The average molecular weight is 184 g/mol. The van der Waals surface area contributed by atoms with Gasteiger partial charge in [0.05, 0.1) is 0 Å². The molecule has 0 rings (SSSR count). The van der Waals surface area contributed by atoms with Crippen LogP contribution in [0.15, 0.2) is 5.10 Å². The smallest absolute Gasteiger partial charge is 0.236 e. The van der Waals surface area contributed by atoms with Gasteiger partial charge < -0.3 is 0 Å². The number of nitrogens with zero attached hydrogens (tertiary/aromatic N) is 1. The van der Waals surface area contributed by atoms with E-state index in [1.165, 1.54) is 32.6 Å². The van der Waals surface area contributed by atoms with E-state index in [0.717, 1.165) is 12.1 Å². The average Bonchev–Trinajstić information content (AvgIpc) is 2.09. The molecular formula is C10H20N2O. The highest BCUT2D eigenvalue weighted by atomic mass is 16.2. The molecule has 76 valence electrons. The van der Waals surface area contributed by atoms with Crippen molar-refractivity contribution in [3.63, 3.8) is 0 Å². The first-order valence-electron chi connectivity index (χ1n) is 4.96. The molecule has 0 unspecified atom stereocenters. The molecule has 0 saturated carbocycles. The number of carbonyl (C=O) groups excluding carboxylic acids is 1. The number of nitrogens with one attached hydrogen (secondary N) is 1. The second kappa shape index (κ2) is 7.77. The van der Waals surface area contributed by atoms with Crippen LogP contribution in [-0.4, -0.2) is 11.6 Å². The summed E-state index contributed by atoms with van der Waals surface area (Å²) in [7, 11) is 0. The highest BCUT2D eigenvalue weighted by Gasteiger charge is 1.93. The predicted octanol–water partition coefficient (Wildman–Crippen LogP) is 2.47. The summed E-state index contributed by atoms with van der Waals surface area (Å²) >= 11 is 0. The van der Waals surface area contributed by atoms with Crippen molar-refractivity contribution in [2.75, 3.05) is 0 Å². The Bertz CT molecular complexity index is 176. The summed E-state index contributed by atoms with van der Waals surface area (Å²) in [4.78, 5) is 10.5. The summed E-state index contributed by atoms with van der Waals surface area (Å²) in [6.07, 6.45) is 5.95. The molecule has 0 heterocycles. The number of unbranched alkanes of at least 4 members (excludes halogenated alkanes) is 3. The number of amides is 1. The lowest BCUT2D eigenvalue weighted by molar-refractivity contribution is -0.118. The lowest BCUT2D eigenvalue weighted by atomic mass is 10.1. The van der Waals surface area contributed by atoms with Crippen LogP contribution in [-0.2, 0) is 4.79 Å². The Morgan fingerprint density at radius 3 is 2.46 bits per heavy atom. The van der Waals surface area contributed by atoms with Crippen LogP contribution in [0, 0.1) is 0 Å². The van der Waals surface area contributed by atoms with E-state index in [4.69, 9.17) is 0 Å². The molecule has 3 heteroatoms. The standard InChI is InChI=1S/C10H20N2O/c1-4-5-6-7-8-9(2)11-12-10(3)13/h4-8H2,1-3H3,(H,12,13)/b11-9+. The van der Waals surface area contributed by atoms with Gasteiger partial charge in [0.15, 0.2) is 0 Å². The third-order valence-electron chi connectivity index (χ3n) is 1.80. The van der Waals surface area contributed by atoms with Crippen LogP contribution in [0.2, 0.25) is 0 Å². The monoisotopic (exact) mass is 184 g/mol. The van der Waals surface area contributed by atoms with Crippen LogP contribution in [0.25, 0.3) is 0 Å². The Balaban J connectivity index is 3.43. The molecule has 13 heavy (non-hydrogen) atoms. The fourth-order valence-corrected chi connectivity index (χ4v) is 1.04. The quantitative estimate of drug-likeness (QED) is 0.384. The van der Waals surface area contributed by atoms with Crippen molar-refractivity contribution in [3.05, 3.63) is 0 Å². The fourth-order valence-electron chi connectivity index (χ4n) is 1.04. The molecule has 0 aliphatic carbocycles. The molecule has 0 bridgehead atoms. The highest BCUT2D eigenvalue weighted by molar-refractivity contribution is 5.83. The summed E-state index contributed by atoms with van der Waals surface area (Å²) in [6.45, 7) is 5.61. The Hall–Kier alpha value is -0.860. The molecule has 0 fully saturated rings. The zero-order valence-corrected chi connectivity index (χ0v) is 8.89. The van der Waals surface area contributed by atoms with Gasteiger partial charge in [0.25, 0.3) is 0 Å². The molecule has 3 nitrogen and oxygen atoms in total. The van der Waals surface area contributed by atoms with Gasteiger partial charge in [-0.25, -0.2) is 5.43 Å². The molecule has 0 aromatic rings. The Morgan fingerprint density at radius 2 is 1.92 bits per heavy atom. The van der Waals surface area contributed by atoms with Gasteiger partial charge in [-0.05, 0) is 19.8 Å². The second-order valence-corrected chi connectivity index (χ2v) is 3.33. The lowest BCUT2D eigenvalue weighted by Crippen LogP contribution is -2.14. The Labute approximate surface area is 80.6 Å². The van der Waals surface area contributed by atoms with Gasteiger partial charge in [-0.15, -0.1) is 0 Å². The number of hydrogen-bond acceptors (Lipinski definition) is 2. The minimum Gasteiger partial charge on any atom is -0.274 e. The van der Waals surface area contributed by atoms with E-state index in [0.29, 0.717) is 0 Å². The first kappa shape index (κ1) is 12.1. The summed E-state index contributed by atoms with van der Waals surface area (Å²) in [6, 6.07) is 0. The van der Waals surface area contributed by atoms with Crippen LogP contribution in [0.5, 0.6) is 0 Å². The minimum absolute atomic E-state index is 0.104. The van der Waals surface area contributed by atoms with Crippen molar-refractivity contribution in [2.24, 2.45) is 5.10 Å². The third kappa shape index (κ3) is 9.05. The molecule has 0 atom stereocenters. The largest absolute Gasteiger partial charge is 0.274 e. The van der Waals surface area contributed by atoms with E-state index in [1.807, 2.05) is 6.92 Å². The lowest BCUT2D eigenvalue weighted by Gasteiger charge is -2.00. The van der Waals surface area contributed by atoms with Crippen molar-refractivity contribution >= 4 is 11.6 Å². The first-order valence-corrected chi connectivity index (χ1v) is 4.96. The molecule has 0 aliphatic heterocycles. The summed E-state index contributed by atoms with van der Waals surface area (Å²) < 4.78 is 0. The third-order valence-corrected chi connectivity index (χ3v) is 1.80. The van der Waals surface area contributed by atoms with Crippen LogP contribution in [0.1, 0.15) is 52.9 Å². The van der Waals surface area contributed by atoms with Crippen molar-refractivity contribution < 1.29 is 4.79 Å². The van der Waals surface area contributed by atoms with Gasteiger partial charge in [-0.3, -0.25) is 4.79 Å². The molecule has 0 spiro atoms. The molecule has 0 aliphatic rings. The minimum atomic E-state index is -0.104. The molecule has 0 aromatic carbocycles. The van der Waals surface area contributed by atoms with E-state index in [1.54, 1.807) is 0 Å². The van der Waals surface area contributed by atoms with Gasteiger partial charge in [0, 0.05) is 12.6 Å². The normalized spacial score (nSPS) is 11.5. The highest BCUT2D eigenvalue weighted by Crippen LogP contribution is 2.02. The van der Waals surface area contributed by atoms with Gasteiger partial charge in [-0.1, -0.05) is 26.2 Å². The maximum Gasteiger partial charge on any atom is 0.236 e. The van der Waals surface area contributed by atoms with E-state index in [-0.39, 0.29) is 5.91 Å².